The van der Waals surface area contributed by atoms with Crippen LogP contribution in [0.25, 0.3) is 0 Å². The Morgan fingerprint density at radius 2 is 0.656 bits per heavy atom. The van der Waals surface area contributed by atoms with Crippen molar-refractivity contribution >= 4 is 28.4 Å². The summed E-state index contributed by atoms with van der Waals surface area (Å²) in [5, 5.41) is 0. The summed E-state index contributed by atoms with van der Waals surface area (Å²) < 4.78 is 0. The van der Waals surface area contributed by atoms with Gasteiger partial charge < -0.3 is 0 Å². The molecule has 0 fully saturated rings. The number of halogens is 2. The molecule has 4 heteroatoms. The second-order valence-corrected chi connectivity index (χ2v) is 15.5. The molecule has 0 amide bonds. The first-order chi connectivity index (χ1) is 15.1. The van der Waals surface area contributed by atoms with Crippen LogP contribution in [0.1, 0.15) is 34.1 Å². The summed E-state index contributed by atoms with van der Waals surface area (Å²) in [7, 11) is 0. The average Bonchev–Trinajstić information content (AvgIpc) is 2.83. The van der Waals surface area contributed by atoms with Crippen LogP contribution in [0.3, 0.4) is 0 Å². The molecule has 0 nitrogen and oxygen atoms in total. The fourth-order valence-corrected chi connectivity index (χ4v) is 8.43. The SMILES string of the molecule is Cl[PH](Cl)(CC(c1ccccc1)c1ccccc1)CC(c1ccccc1)c1ccccc1.[Pd]. The van der Waals surface area contributed by atoms with Crippen molar-refractivity contribution in [2.45, 2.75) is 11.8 Å². The number of rotatable bonds is 8. The summed E-state index contributed by atoms with van der Waals surface area (Å²) >= 11 is 14.5. The molecule has 0 atom stereocenters. The predicted octanol–water partition coefficient (Wildman–Crippen LogP) is 8.71. The minimum absolute atomic E-state index is 0. The largest absolute Gasteiger partial charge is 0 e. The minimum Gasteiger partial charge on any atom is 0 e. The van der Waals surface area contributed by atoms with Crippen LogP contribution < -0.4 is 0 Å². The molecule has 0 radical (unpaired) electrons. The zero-order valence-electron chi connectivity index (χ0n) is 17.7. The molecule has 0 aliphatic rings. The normalized spacial score (nSPS) is 11.9. The summed E-state index contributed by atoms with van der Waals surface area (Å²) in [5.41, 5.74) is 5.07. The maximum Gasteiger partial charge on any atom is 0 e. The number of hydrogen-bond donors (Lipinski definition) is 0. The quantitative estimate of drug-likeness (QED) is 0.147. The van der Waals surface area contributed by atoms with E-state index in [0.29, 0.717) is 0 Å². The van der Waals surface area contributed by atoms with Gasteiger partial charge in [0, 0.05) is 20.4 Å². The van der Waals surface area contributed by atoms with E-state index in [0.717, 1.165) is 12.3 Å². The molecule has 0 N–H and O–H groups in total. The van der Waals surface area contributed by atoms with Crippen molar-refractivity contribution in [1.82, 2.24) is 0 Å². The van der Waals surface area contributed by atoms with Crippen LogP contribution in [0, 0.1) is 0 Å². The number of hydrogen-bond acceptors (Lipinski definition) is 0. The van der Waals surface area contributed by atoms with Gasteiger partial charge in [0.05, 0.1) is 0 Å². The zero-order valence-corrected chi connectivity index (χ0v) is 21.8. The molecule has 0 unspecified atom stereocenters. The molecule has 0 heterocycles. The van der Waals surface area contributed by atoms with Crippen molar-refractivity contribution in [3.63, 3.8) is 0 Å². The molecule has 0 aliphatic carbocycles. The molecule has 4 rings (SSSR count). The molecule has 4 aromatic rings. The maximum absolute atomic E-state index is 7.23. The van der Waals surface area contributed by atoms with Crippen molar-refractivity contribution in [2.75, 3.05) is 12.3 Å². The first-order valence-electron chi connectivity index (χ1n) is 10.7. The van der Waals surface area contributed by atoms with Crippen molar-refractivity contribution in [3.05, 3.63) is 144 Å². The van der Waals surface area contributed by atoms with Crippen LogP contribution in [0.5, 0.6) is 0 Å². The monoisotopic (exact) mass is 570 g/mol. The standard InChI is InChI=1S/C28H27Cl2P.Pd/c29-31(30,21-27(23-13-5-1-6-14-23)24-15-7-2-8-16-24)22-28(25-17-9-3-10-18-25)26-19-11-4-12-20-26;/h1-20,27-28,31H,21-22H2;. The minimum atomic E-state index is -2.62. The molecular weight excluding hydrogens is 545 g/mol. The Morgan fingerprint density at radius 3 is 0.875 bits per heavy atom. The van der Waals surface area contributed by atoms with Gasteiger partial charge in [-0.05, 0) is 0 Å². The van der Waals surface area contributed by atoms with Gasteiger partial charge in [0.2, 0.25) is 0 Å². The van der Waals surface area contributed by atoms with Gasteiger partial charge in [-0.3, -0.25) is 0 Å². The van der Waals surface area contributed by atoms with Crippen LogP contribution in [0.4, 0.5) is 0 Å². The summed E-state index contributed by atoms with van der Waals surface area (Å²) in [6, 6.07) is 42.4. The summed E-state index contributed by atoms with van der Waals surface area (Å²) in [5.74, 6) is -2.23. The summed E-state index contributed by atoms with van der Waals surface area (Å²) in [6.45, 7) is 0. The molecule has 0 bridgehead atoms. The summed E-state index contributed by atoms with van der Waals surface area (Å²) in [6.07, 6.45) is 1.56. The van der Waals surface area contributed by atoms with Crippen molar-refractivity contribution in [1.29, 1.82) is 0 Å². The van der Waals surface area contributed by atoms with Crippen molar-refractivity contribution in [2.24, 2.45) is 0 Å². The van der Waals surface area contributed by atoms with Gasteiger partial charge >= 0.3 is 196 Å². The molecule has 168 valence electrons. The first kappa shape index (κ1) is 25.2. The van der Waals surface area contributed by atoms with E-state index in [1.165, 1.54) is 22.3 Å². The first-order valence-corrected chi connectivity index (χ1v) is 15.1. The molecule has 0 aromatic heterocycles. The molecule has 0 saturated carbocycles. The third-order valence-corrected chi connectivity index (χ3v) is 9.68. The van der Waals surface area contributed by atoms with E-state index in [-0.39, 0.29) is 32.3 Å². The molecule has 0 saturated heterocycles. The van der Waals surface area contributed by atoms with E-state index in [2.05, 4.69) is 121 Å². The Labute approximate surface area is 215 Å². The fraction of sp³-hybridized carbons (Fsp3) is 0.143. The van der Waals surface area contributed by atoms with E-state index in [9.17, 15) is 0 Å². The molecule has 0 aliphatic heterocycles. The van der Waals surface area contributed by atoms with Gasteiger partial charge in [-0.15, -0.1) is 0 Å². The predicted molar refractivity (Wildman–Crippen MR) is 139 cm³/mol. The van der Waals surface area contributed by atoms with Crippen LogP contribution >= 0.6 is 28.4 Å². The van der Waals surface area contributed by atoms with Gasteiger partial charge in [-0.2, -0.15) is 0 Å². The van der Waals surface area contributed by atoms with E-state index in [4.69, 9.17) is 22.5 Å². The van der Waals surface area contributed by atoms with Crippen molar-refractivity contribution in [3.8, 4) is 0 Å². The van der Waals surface area contributed by atoms with Crippen LogP contribution in [0.15, 0.2) is 121 Å². The maximum atomic E-state index is 7.23. The van der Waals surface area contributed by atoms with Crippen LogP contribution in [-0.4, -0.2) is 12.3 Å². The average molecular weight is 572 g/mol. The number of benzene rings is 4. The summed E-state index contributed by atoms with van der Waals surface area (Å²) in [4.78, 5) is 0. The van der Waals surface area contributed by atoms with Crippen LogP contribution in [0.2, 0.25) is 0 Å². The third-order valence-electron chi connectivity index (χ3n) is 5.81. The van der Waals surface area contributed by atoms with E-state index < -0.39 is 5.97 Å². The van der Waals surface area contributed by atoms with Gasteiger partial charge in [0.25, 0.3) is 0 Å². The van der Waals surface area contributed by atoms with Gasteiger partial charge in [-0.25, -0.2) is 0 Å². The Balaban J connectivity index is 0.00000289. The molecule has 32 heavy (non-hydrogen) atoms. The van der Waals surface area contributed by atoms with E-state index in [1.807, 2.05) is 0 Å². The zero-order chi connectivity index (χ0) is 21.5. The second-order valence-electron chi connectivity index (χ2n) is 8.01. The fourth-order valence-electron chi connectivity index (χ4n) is 4.28. The van der Waals surface area contributed by atoms with Gasteiger partial charge in [-0.1, -0.05) is 0 Å². The second kappa shape index (κ2) is 12.1. The smallest absolute Gasteiger partial charge is 0 e. The van der Waals surface area contributed by atoms with Crippen molar-refractivity contribution < 1.29 is 20.4 Å². The third kappa shape index (κ3) is 6.78. The molecular formula is C28H27Cl2PPd. The Bertz CT molecular complexity index is 892. The Kier molecular flexibility index (Phi) is 9.55. The Hall–Kier alpha value is -1.45. The van der Waals surface area contributed by atoms with Crippen LogP contribution in [-0.2, 0) is 20.4 Å². The molecule has 4 aromatic carbocycles. The van der Waals surface area contributed by atoms with E-state index >= 15 is 0 Å². The van der Waals surface area contributed by atoms with Gasteiger partial charge in [0.15, 0.2) is 0 Å². The Morgan fingerprint density at radius 1 is 0.438 bits per heavy atom. The topological polar surface area (TPSA) is 0 Å². The molecule has 0 spiro atoms. The van der Waals surface area contributed by atoms with E-state index in [1.54, 1.807) is 0 Å². The van der Waals surface area contributed by atoms with Gasteiger partial charge in [0.1, 0.15) is 0 Å².